The Bertz CT molecular complexity index is 655. The Balaban J connectivity index is 1.50. The summed E-state index contributed by atoms with van der Waals surface area (Å²) >= 11 is 0. The highest BCUT2D eigenvalue weighted by Gasteiger charge is 2.17. The quantitative estimate of drug-likeness (QED) is 0.883. The Morgan fingerprint density at radius 3 is 2.96 bits per heavy atom. The largest absolute Gasteiger partial charge is 0.338 e. The molecule has 1 saturated heterocycles. The molecule has 1 fully saturated rings. The smallest absolute Gasteiger partial charge is 0.315 e. The Labute approximate surface area is 142 Å². The van der Waals surface area contributed by atoms with E-state index in [4.69, 9.17) is 0 Å². The molecule has 6 heteroatoms. The summed E-state index contributed by atoms with van der Waals surface area (Å²) in [4.78, 5) is 14.4. The van der Waals surface area contributed by atoms with Crippen LogP contribution < -0.4 is 10.6 Å². The Morgan fingerprint density at radius 1 is 1.29 bits per heavy atom. The molecule has 2 N–H and O–H groups in total. The molecule has 6 nitrogen and oxygen atoms in total. The van der Waals surface area contributed by atoms with Gasteiger partial charge >= 0.3 is 6.03 Å². The van der Waals surface area contributed by atoms with Crippen LogP contribution in [0, 0.1) is 5.92 Å². The van der Waals surface area contributed by atoms with Gasteiger partial charge in [-0.25, -0.2) is 9.48 Å². The zero-order valence-electron chi connectivity index (χ0n) is 14.1. The summed E-state index contributed by atoms with van der Waals surface area (Å²) in [7, 11) is 2.14. The van der Waals surface area contributed by atoms with E-state index >= 15 is 0 Å². The SMILES string of the molecule is CN1CCCC(CNC(=O)NCc2ccccc2-n2cccn2)C1. The van der Waals surface area contributed by atoms with E-state index in [0.29, 0.717) is 12.5 Å². The minimum absolute atomic E-state index is 0.113. The number of carbonyl (C=O) groups is 1. The molecule has 0 aliphatic carbocycles. The summed E-state index contributed by atoms with van der Waals surface area (Å²) in [5, 5.41) is 10.2. The summed E-state index contributed by atoms with van der Waals surface area (Å²) in [5.74, 6) is 0.547. The predicted octanol–water partition coefficient (Wildman–Crippen LogP) is 2.01. The van der Waals surface area contributed by atoms with Gasteiger partial charge in [0.1, 0.15) is 0 Å². The second-order valence-electron chi connectivity index (χ2n) is 6.41. The minimum atomic E-state index is -0.113. The van der Waals surface area contributed by atoms with E-state index in [-0.39, 0.29) is 6.03 Å². The maximum Gasteiger partial charge on any atom is 0.315 e. The number of hydrogen-bond acceptors (Lipinski definition) is 3. The van der Waals surface area contributed by atoms with Crippen LogP contribution in [0.2, 0.25) is 0 Å². The molecule has 1 aromatic heterocycles. The zero-order valence-corrected chi connectivity index (χ0v) is 14.1. The lowest BCUT2D eigenvalue weighted by atomic mass is 9.99. The molecule has 1 unspecified atom stereocenters. The Kier molecular flexibility index (Phi) is 5.48. The number of amides is 2. The van der Waals surface area contributed by atoms with Gasteiger partial charge in [-0.15, -0.1) is 0 Å². The molecule has 1 atom stereocenters. The van der Waals surface area contributed by atoms with Gasteiger partial charge in [0.15, 0.2) is 0 Å². The topological polar surface area (TPSA) is 62.2 Å². The third-order valence-electron chi connectivity index (χ3n) is 4.46. The number of nitrogens with one attached hydrogen (secondary N) is 2. The number of likely N-dealkylation sites (tertiary alicyclic amines) is 1. The van der Waals surface area contributed by atoms with E-state index in [0.717, 1.165) is 30.9 Å². The molecule has 24 heavy (non-hydrogen) atoms. The number of nitrogens with zero attached hydrogens (tertiary/aromatic N) is 3. The van der Waals surface area contributed by atoms with Crippen LogP contribution in [0.25, 0.3) is 5.69 Å². The number of para-hydroxylation sites is 1. The fourth-order valence-electron chi connectivity index (χ4n) is 3.21. The van der Waals surface area contributed by atoms with E-state index in [1.54, 1.807) is 6.20 Å². The maximum absolute atomic E-state index is 12.1. The highest BCUT2D eigenvalue weighted by molar-refractivity contribution is 5.73. The molecule has 0 spiro atoms. The molecular weight excluding hydrogens is 302 g/mol. The van der Waals surface area contributed by atoms with Gasteiger partial charge in [0.05, 0.1) is 5.69 Å². The molecular formula is C18H25N5O. The van der Waals surface area contributed by atoms with E-state index in [1.807, 2.05) is 41.2 Å². The lowest BCUT2D eigenvalue weighted by Gasteiger charge is -2.29. The second-order valence-corrected chi connectivity index (χ2v) is 6.41. The third kappa shape index (κ3) is 4.35. The number of piperidine rings is 1. The van der Waals surface area contributed by atoms with Gasteiger partial charge in [-0.1, -0.05) is 18.2 Å². The standard InChI is InChI=1S/C18H25N5O/c1-22-10-4-6-15(14-22)12-19-18(24)20-13-16-7-2-3-8-17(16)23-11-5-9-21-23/h2-3,5,7-9,11,15H,4,6,10,12-14H2,1H3,(H2,19,20,24). The van der Waals surface area contributed by atoms with Gasteiger partial charge in [0.25, 0.3) is 0 Å². The average Bonchev–Trinajstić information content (AvgIpc) is 3.13. The third-order valence-corrected chi connectivity index (χ3v) is 4.46. The first-order valence-electron chi connectivity index (χ1n) is 8.50. The van der Waals surface area contributed by atoms with Crippen LogP contribution in [-0.4, -0.2) is 47.4 Å². The summed E-state index contributed by atoms with van der Waals surface area (Å²) in [5.41, 5.74) is 2.02. The summed E-state index contributed by atoms with van der Waals surface area (Å²) in [6, 6.07) is 9.73. The van der Waals surface area contributed by atoms with Crippen LogP contribution in [0.5, 0.6) is 0 Å². The highest BCUT2D eigenvalue weighted by Crippen LogP contribution is 2.14. The molecule has 1 aliphatic heterocycles. The van der Waals surface area contributed by atoms with Gasteiger partial charge in [0, 0.05) is 32.0 Å². The van der Waals surface area contributed by atoms with E-state index in [1.165, 1.54) is 12.8 Å². The molecule has 0 saturated carbocycles. The molecule has 3 rings (SSSR count). The van der Waals surface area contributed by atoms with Gasteiger partial charge in [0.2, 0.25) is 0 Å². The number of aromatic nitrogens is 2. The van der Waals surface area contributed by atoms with Crippen molar-refractivity contribution in [3.05, 3.63) is 48.3 Å². The van der Waals surface area contributed by atoms with Crippen LogP contribution in [0.3, 0.4) is 0 Å². The van der Waals surface area contributed by atoms with Crippen molar-refractivity contribution >= 4 is 6.03 Å². The lowest BCUT2D eigenvalue weighted by Crippen LogP contribution is -2.42. The van der Waals surface area contributed by atoms with Crippen LogP contribution >= 0.6 is 0 Å². The van der Waals surface area contributed by atoms with E-state index in [9.17, 15) is 4.79 Å². The first-order valence-corrected chi connectivity index (χ1v) is 8.50. The summed E-state index contributed by atoms with van der Waals surface area (Å²) in [6.07, 6.45) is 6.05. The maximum atomic E-state index is 12.1. The van der Waals surface area contributed by atoms with Crippen molar-refractivity contribution < 1.29 is 4.79 Å². The molecule has 2 amide bonds. The van der Waals surface area contributed by atoms with Gasteiger partial charge < -0.3 is 15.5 Å². The normalized spacial score (nSPS) is 18.3. The number of hydrogen-bond donors (Lipinski definition) is 2. The Morgan fingerprint density at radius 2 is 2.17 bits per heavy atom. The van der Waals surface area contributed by atoms with Crippen molar-refractivity contribution in [3.8, 4) is 5.69 Å². The van der Waals surface area contributed by atoms with Crippen molar-refractivity contribution in [1.29, 1.82) is 0 Å². The van der Waals surface area contributed by atoms with E-state index < -0.39 is 0 Å². The molecule has 0 bridgehead atoms. The molecule has 1 aliphatic rings. The summed E-state index contributed by atoms with van der Waals surface area (Å²) in [6.45, 7) is 3.43. The average molecular weight is 327 g/mol. The second kappa shape index (κ2) is 7.97. The van der Waals surface area contributed by atoms with Crippen LogP contribution in [-0.2, 0) is 6.54 Å². The van der Waals surface area contributed by atoms with Gasteiger partial charge in [-0.05, 0) is 50.0 Å². The van der Waals surface area contributed by atoms with Crippen LogP contribution in [0.4, 0.5) is 4.79 Å². The van der Waals surface area contributed by atoms with Crippen molar-refractivity contribution in [2.45, 2.75) is 19.4 Å². The number of carbonyl (C=O) groups excluding carboxylic acids is 1. The predicted molar refractivity (Wildman–Crippen MR) is 94.0 cm³/mol. The number of rotatable bonds is 5. The van der Waals surface area contributed by atoms with Gasteiger partial charge in [-0.2, -0.15) is 5.10 Å². The number of urea groups is 1. The van der Waals surface area contributed by atoms with Crippen molar-refractivity contribution in [3.63, 3.8) is 0 Å². The molecule has 2 heterocycles. The first kappa shape index (κ1) is 16.5. The Hall–Kier alpha value is -2.34. The lowest BCUT2D eigenvalue weighted by molar-refractivity contribution is 0.202. The van der Waals surface area contributed by atoms with E-state index in [2.05, 4.69) is 27.7 Å². The fraction of sp³-hybridized carbons (Fsp3) is 0.444. The van der Waals surface area contributed by atoms with Crippen molar-refractivity contribution in [1.82, 2.24) is 25.3 Å². The molecule has 1 aromatic carbocycles. The van der Waals surface area contributed by atoms with Crippen LogP contribution in [0.1, 0.15) is 18.4 Å². The molecule has 128 valence electrons. The van der Waals surface area contributed by atoms with Crippen molar-refractivity contribution in [2.75, 3.05) is 26.7 Å². The van der Waals surface area contributed by atoms with Crippen LogP contribution in [0.15, 0.2) is 42.7 Å². The molecule has 0 radical (unpaired) electrons. The zero-order chi connectivity index (χ0) is 16.8. The monoisotopic (exact) mass is 327 g/mol. The number of benzene rings is 1. The van der Waals surface area contributed by atoms with Crippen molar-refractivity contribution in [2.24, 2.45) is 5.92 Å². The highest BCUT2D eigenvalue weighted by atomic mass is 16.2. The van der Waals surface area contributed by atoms with Gasteiger partial charge in [-0.3, -0.25) is 0 Å². The summed E-state index contributed by atoms with van der Waals surface area (Å²) < 4.78 is 1.81. The first-order chi connectivity index (χ1) is 11.7. The fourth-order valence-corrected chi connectivity index (χ4v) is 3.21. The molecule has 2 aromatic rings. The minimum Gasteiger partial charge on any atom is -0.338 e.